The molecular weight excluding hydrogens is 285 g/mol. The van der Waals surface area contributed by atoms with E-state index in [0.717, 1.165) is 12.1 Å². The monoisotopic (exact) mass is 298 g/mol. The second kappa shape index (κ2) is 6.83. The van der Waals surface area contributed by atoms with E-state index in [0.29, 0.717) is 5.76 Å². The molecule has 1 amide bonds. The number of nitrogens with one attached hydrogen (secondary N) is 2. The van der Waals surface area contributed by atoms with Crippen LogP contribution in [0.5, 0.6) is 0 Å². The fraction of sp³-hybridized carbons (Fsp3) is 0.214. The molecule has 4 nitrogen and oxygen atoms in total. The molecule has 0 bridgehead atoms. The van der Waals surface area contributed by atoms with E-state index in [1.54, 1.807) is 12.1 Å². The van der Waals surface area contributed by atoms with Gasteiger partial charge < -0.3 is 15.1 Å². The summed E-state index contributed by atoms with van der Waals surface area (Å²) in [6.07, 6.45) is 1.55. The van der Waals surface area contributed by atoms with Crippen molar-refractivity contribution in [1.82, 2.24) is 5.32 Å². The molecule has 0 unspecified atom stereocenters. The van der Waals surface area contributed by atoms with E-state index in [1.165, 1.54) is 6.26 Å². The zero-order valence-corrected chi connectivity index (χ0v) is 11.0. The van der Waals surface area contributed by atoms with E-state index < -0.39 is 17.5 Å². The number of furan rings is 1. The van der Waals surface area contributed by atoms with E-state index in [-0.39, 0.29) is 31.1 Å². The third-order valence-electron chi connectivity index (χ3n) is 2.74. The van der Waals surface area contributed by atoms with Gasteiger partial charge in [0.1, 0.15) is 5.76 Å². The van der Waals surface area contributed by atoms with Crippen LogP contribution in [0.4, 0.5) is 18.9 Å². The minimum Gasteiger partial charge on any atom is -0.467 e. The van der Waals surface area contributed by atoms with E-state index in [4.69, 9.17) is 4.42 Å². The standard InChI is InChI=1S/C14H13F3N2O2/c15-10-3-4-11(14(17)13(10)16)18-6-5-12(20)19-8-9-2-1-7-21-9/h1-4,7,18H,5-6,8H2,(H,19,20). The quantitative estimate of drug-likeness (QED) is 0.806. The van der Waals surface area contributed by atoms with Gasteiger partial charge in [0, 0.05) is 13.0 Å². The fourth-order valence-electron chi connectivity index (χ4n) is 1.66. The first-order chi connectivity index (χ1) is 10.1. The third-order valence-corrected chi connectivity index (χ3v) is 2.74. The van der Waals surface area contributed by atoms with Gasteiger partial charge in [0.25, 0.3) is 0 Å². The largest absolute Gasteiger partial charge is 0.467 e. The maximum atomic E-state index is 13.3. The molecule has 0 atom stereocenters. The van der Waals surface area contributed by atoms with Crippen LogP contribution in [0.3, 0.4) is 0 Å². The predicted octanol–water partition coefficient (Wildman–Crippen LogP) is 2.82. The Hall–Kier alpha value is -2.44. The van der Waals surface area contributed by atoms with Gasteiger partial charge in [0.05, 0.1) is 18.5 Å². The van der Waals surface area contributed by atoms with Crippen LogP contribution >= 0.6 is 0 Å². The van der Waals surface area contributed by atoms with Crippen LogP contribution < -0.4 is 10.6 Å². The third kappa shape index (κ3) is 4.01. The van der Waals surface area contributed by atoms with E-state index in [2.05, 4.69) is 10.6 Å². The molecule has 0 saturated heterocycles. The summed E-state index contributed by atoms with van der Waals surface area (Å²) >= 11 is 0. The van der Waals surface area contributed by atoms with Crippen molar-refractivity contribution < 1.29 is 22.4 Å². The lowest BCUT2D eigenvalue weighted by Gasteiger charge is -2.08. The highest BCUT2D eigenvalue weighted by Gasteiger charge is 2.13. The lowest BCUT2D eigenvalue weighted by atomic mass is 10.2. The Morgan fingerprint density at radius 2 is 1.95 bits per heavy atom. The van der Waals surface area contributed by atoms with Crippen LogP contribution in [0.1, 0.15) is 12.2 Å². The first kappa shape index (κ1) is 15.0. The summed E-state index contributed by atoms with van der Waals surface area (Å²) in [5, 5.41) is 5.15. The zero-order chi connectivity index (χ0) is 15.2. The Morgan fingerprint density at radius 1 is 1.14 bits per heavy atom. The van der Waals surface area contributed by atoms with Gasteiger partial charge in [-0.1, -0.05) is 0 Å². The van der Waals surface area contributed by atoms with Crippen molar-refractivity contribution >= 4 is 11.6 Å². The molecule has 0 radical (unpaired) electrons. The number of carbonyl (C=O) groups is 1. The smallest absolute Gasteiger partial charge is 0.222 e. The number of carbonyl (C=O) groups excluding carboxylic acids is 1. The van der Waals surface area contributed by atoms with Gasteiger partial charge in [0.2, 0.25) is 5.91 Å². The number of halogens is 3. The molecule has 21 heavy (non-hydrogen) atoms. The summed E-state index contributed by atoms with van der Waals surface area (Å²) in [6.45, 7) is 0.345. The average Bonchev–Trinajstić information content (AvgIpc) is 2.98. The molecule has 1 aromatic carbocycles. The summed E-state index contributed by atoms with van der Waals surface area (Å²) in [4.78, 5) is 11.5. The summed E-state index contributed by atoms with van der Waals surface area (Å²) in [5.74, 6) is -3.76. The van der Waals surface area contributed by atoms with Crippen LogP contribution in [0.15, 0.2) is 34.9 Å². The van der Waals surface area contributed by atoms with Gasteiger partial charge in [0.15, 0.2) is 17.5 Å². The molecule has 1 heterocycles. The first-order valence-electron chi connectivity index (χ1n) is 6.24. The lowest BCUT2D eigenvalue weighted by molar-refractivity contribution is -0.121. The van der Waals surface area contributed by atoms with Crippen molar-refractivity contribution in [2.45, 2.75) is 13.0 Å². The maximum Gasteiger partial charge on any atom is 0.222 e. The minimum atomic E-state index is -1.54. The second-order valence-electron chi connectivity index (χ2n) is 4.26. The number of hydrogen-bond acceptors (Lipinski definition) is 3. The summed E-state index contributed by atoms with van der Waals surface area (Å²) in [6, 6.07) is 5.32. The van der Waals surface area contributed by atoms with Crippen molar-refractivity contribution in [3.63, 3.8) is 0 Å². The van der Waals surface area contributed by atoms with Crippen LogP contribution in [0, 0.1) is 17.5 Å². The molecule has 7 heteroatoms. The maximum absolute atomic E-state index is 13.3. The molecule has 2 N–H and O–H groups in total. The van der Waals surface area contributed by atoms with Crippen LogP contribution in [-0.2, 0) is 11.3 Å². The lowest BCUT2D eigenvalue weighted by Crippen LogP contribution is -2.24. The van der Waals surface area contributed by atoms with Crippen molar-refractivity contribution in [2.24, 2.45) is 0 Å². The average molecular weight is 298 g/mol. The SMILES string of the molecule is O=C(CCNc1ccc(F)c(F)c1F)NCc1ccco1. The Labute approximate surface area is 119 Å². The summed E-state index contributed by atoms with van der Waals surface area (Å²) in [5.41, 5.74) is -0.187. The van der Waals surface area contributed by atoms with Gasteiger partial charge in [-0.3, -0.25) is 4.79 Å². The number of amides is 1. The molecule has 0 aliphatic carbocycles. The molecule has 0 saturated carbocycles. The van der Waals surface area contributed by atoms with Crippen molar-refractivity contribution in [3.8, 4) is 0 Å². The topological polar surface area (TPSA) is 54.3 Å². The molecule has 0 spiro atoms. The molecule has 0 fully saturated rings. The molecule has 0 aliphatic heterocycles. The number of hydrogen-bond donors (Lipinski definition) is 2. The number of benzene rings is 1. The van der Waals surface area contributed by atoms with Crippen molar-refractivity contribution in [2.75, 3.05) is 11.9 Å². The number of rotatable bonds is 6. The van der Waals surface area contributed by atoms with Gasteiger partial charge in [-0.05, 0) is 24.3 Å². The highest BCUT2D eigenvalue weighted by atomic mass is 19.2. The Morgan fingerprint density at radius 3 is 2.67 bits per heavy atom. The molecule has 1 aromatic heterocycles. The van der Waals surface area contributed by atoms with Gasteiger partial charge in [-0.25, -0.2) is 13.2 Å². The fourth-order valence-corrected chi connectivity index (χ4v) is 1.66. The molecule has 112 valence electrons. The first-order valence-corrected chi connectivity index (χ1v) is 6.24. The summed E-state index contributed by atoms with van der Waals surface area (Å²) < 4.78 is 44.1. The van der Waals surface area contributed by atoms with Gasteiger partial charge >= 0.3 is 0 Å². The van der Waals surface area contributed by atoms with E-state index >= 15 is 0 Å². The minimum absolute atomic E-state index is 0.0547. The molecular formula is C14H13F3N2O2. The molecule has 2 aromatic rings. The highest BCUT2D eigenvalue weighted by molar-refractivity contribution is 5.76. The number of anilines is 1. The second-order valence-corrected chi connectivity index (χ2v) is 4.26. The Kier molecular flexibility index (Phi) is 4.86. The van der Waals surface area contributed by atoms with Gasteiger partial charge in [-0.15, -0.1) is 0 Å². The zero-order valence-electron chi connectivity index (χ0n) is 11.0. The predicted molar refractivity (Wildman–Crippen MR) is 70.0 cm³/mol. The molecule has 0 aliphatic rings. The van der Waals surface area contributed by atoms with Crippen LogP contribution in [0.25, 0.3) is 0 Å². The highest BCUT2D eigenvalue weighted by Crippen LogP contribution is 2.19. The van der Waals surface area contributed by atoms with Crippen molar-refractivity contribution in [1.29, 1.82) is 0 Å². The van der Waals surface area contributed by atoms with E-state index in [9.17, 15) is 18.0 Å². The van der Waals surface area contributed by atoms with Crippen LogP contribution in [0.2, 0.25) is 0 Å². The Bertz CT molecular complexity index is 615. The molecule has 2 rings (SSSR count). The van der Waals surface area contributed by atoms with Crippen molar-refractivity contribution in [3.05, 3.63) is 53.7 Å². The summed E-state index contributed by atoms with van der Waals surface area (Å²) in [7, 11) is 0. The van der Waals surface area contributed by atoms with Gasteiger partial charge in [-0.2, -0.15) is 0 Å². The Balaban J connectivity index is 1.76. The van der Waals surface area contributed by atoms with E-state index in [1.807, 2.05) is 0 Å². The normalized spacial score (nSPS) is 10.4. The van der Waals surface area contributed by atoms with Crippen LogP contribution in [-0.4, -0.2) is 12.5 Å².